The quantitative estimate of drug-likeness (QED) is 0.512. The van der Waals surface area contributed by atoms with Gasteiger partial charge in [0.05, 0.1) is 24.4 Å². The third-order valence-corrected chi connectivity index (χ3v) is 6.82. The van der Waals surface area contributed by atoms with Crippen LogP contribution in [0, 0.1) is 17.7 Å². The Bertz CT molecular complexity index is 764. The number of halogens is 1. The van der Waals surface area contributed by atoms with Gasteiger partial charge in [-0.25, -0.2) is 9.18 Å². The third-order valence-electron chi connectivity index (χ3n) is 6.82. The first-order chi connectivity index (χ1) is 13.5. The van der Waals surface area contributed by atoms with Crippen LogP contribution in [0.5, 0.6) is 0 Å². The lowest BCUT2D eigenvalue weighted by Gasteiger charge is -2.32. The summed E-state index contributed by atoms with van der Waals surface area (Å²) >= 11 is 0. The van der Waals surface area contributed by atoms with E-state index in [9.17, 15) is 9.18 Å². The maximum Gasteiger partial charge on any atom is 0.494 e. The predicted molar refractivity (Wildman–Crippen MR) is 109 cm³/mol. The van der Waals surface area contributed by atoms with E-state index in [-0.39, 0.29) is 30.2 Å². The first-order valence-electron chi connectivity index (χ1n) is 10.4. The second-order valence-electron chi connectivity index (χ2n) is 9.04. The molecule has 0 bridgehead atoms. The van der Waals surface area contributed by atoms with E-state index in [0.717, 1.165) is 11.9 Å². The van der Waals surface area contributed by atoms with Crippen LogP contribution in [0.3, 0.4) is 0 Å². The van der Waals surface area contributed by atoms with Crippen LogP contribution < -0.4 is 5.46 Å². The van der Waals surface area contributed by atoms with Gasteiger partial charge < -0.3 is 18.8 Å². The Morgan fingerprint density at radius 1 is 1.17 bits per heavy atom. The van der Waals surface area contributed by atoms with Crippen LogP contribution in [-0.4, -0.2) is 36.5 Å². The number of hydrogen-bond acceptors (Lipinski definition) is 5. The molecule has 3 atom stereocenters. The second kappa shape index (κ2) is 7.67. The van der Waals surface area contributed by atoms with E-state index in [1.54, 1.807) is 19.1 Å². The molecule has 1 unspecified atom stereocenters. The predicted octanol–water partition coefficient (Wildman–Crippen LogP) is 3.62. The number of carbonyl (C=O) groups excluding carboxylic acids is 1. The van der Waals surface area contributed by atoms with Gasteiger partial charge in [0.1, 0.15) is 5.82 Å². The summed E-state index contributed by atoms with van der Waals surface area (Å²) in [4.78, 5) is 12.6. The van der Waals surface area contributed by atoms with Crippen molar-refractivity contribution >= 4 is 18.6 Å². The number of rotatable bonds is 7. The Morgan fingerprint density at radius 3 is 2.31 bits per heavy atom. The van der Waals surface area contributed by atoms with Gasteiger partial charge in [-0.1, -0.05) is 26.0 Å². The highest BCUT2D eigenvalue weighted by Crippen LogP contribution is 2.56. The van der Waals surface area contributed by atoms with Crippen molar-refractivity contribution in [2.24, 2.45) is 11.8 Å². The number of carbonyl (C=O) groups is 1. The van der Waals surface area contributed by atoms with Gasteiger partial charge in [-0.15, -0.1) is 0 Å². The van der Waals surface area contributed by atoms with Crippen molar-refractivity contribution in [3.05, 3.63) is 29.6 Å². The van der Waals surface area contributed by atoms with Crippen molar-refractivity contribution in [1.29, 1.82) is 0 Å². The van der Waals surface area contributed by atoms with Crippen molar-refractivity contribution in [1.82, 2.24) is 0 Å². The van der Waals surface area contributed by atoms with E-state index in [4.69, 9.17) is 18.8 Å². The topological polar surface area (TPSA) is 54.0 Å². The van der Waals surface area contributed by atoms with Crippen molar-refractivity contribution in [3.8, 4) is 0 Å². The number of ether oxygens (including phenoxy) is 2. The summed E-state index contributed by atoms with van der Waals surface area (Å²) in [5.74, 6) is -0.621. The van der Waals surface area contributed by atoms with Gasteiger partial charge in [0, 0.05) is 17.4 Å². The molecule has 2 fully saturated rings. The molecular weight excluding hydrogens is 374 g/mol. The Morgan fingerprint density at radius 2 is 1.79 bits per heavy atom. The van der Waals surface area contributed by atoms with Gasteiger partial charge in [0.15, 0.2) is 5.60 Å². The Kier molecular flexibility index (Phi) is 5.89. The van der Waals surface area contributed by atoms with E-state index in [0.29, 0.717) is 12.2 Å². The number of hydrogen-bond donors (Lipinski definition) is 0. The summed E-state index contributed by atoms with van der Waals surface area (Å²) in [6, 6.07) is 4.75. The monoisotopic (exact) mass is 406 g/mol. The fourth-order valence-electron chi connectivity index (χ4n) is 4.18. The normalized spacial score (nSPS) is 29.7. The van der Waals surface area contributed by atoms with Crippen LogP contribution >= 0.6 is 0 Å². The first kappa shape index (κ1) is 22.3. The van der Waals surface area contributed by atoms with Crippen LogP contribution in [0.15, 0.2) is 18.2 Å². The summed E-state index contributed by atoms with van der Waals surface area (Å²) in [6.45, 7) is 13.9. The fourth-order valence-corrected chi connectivity index (χ4v) is 4.18. The molecule has 1 saturated carbocycles. The molecule has 5 nitrogen and oxygen atoms in total. The number of esters is 1. The molecule has 1 saturated heterocycles. The maximum atomic E-state index is 14.5. The number of benzene rings is 1. The molecule has 7 heteroatoms. The SMILES string of the molecule is CCOC(=O)[C@]1(OCc2cc(B3OC(C)(C)C(C)(C)O3)ccc2F)C(CC)[C@@H]1C. The molecule has 0 amide bonds. The smallest absolute Gasteiger partial charge is 0.464 e. The lowest BCUT2D eigenvalue weighted by molar-refractivity contribution is -0.163. The minimum atomic E-state index is -0.989. The van der Waals surface area contributed by atoms with Crippen LogP contribution in [0.2, 0.25) is 0 Å². The molecule has 1 aromatic carbocycles. The zero-order valence-electron chi connectivity index (χ0n) is 18.5. The lowest BCUT2D eigenvalue weighted by Crippen LogP contribution is -2.41. The zero-order chi connectivity index (χ0) is 21.6. The summed E-state index contributed by atoms with van der Waals surface area (Å²) in [5.41, 5.74) is -0.847. The van der Waals surface area contributed by atoms with Gasteiger partial charge in [-0.05, 0) is 52.6 Å². The molecule has 160 valence electrons. The molecule has 0 aromatic heterocycles. The standard InChI is InChI=1S/C22H32BFO5/c1-8-17-14(3)22(17,19(25)26-9-2)27-13-15-12-16(10-11-18(15)24)23-28-20(4,5)21(6,7)29-23/h10-12,14,17H,8-9,13H2,1-7H3/t14-,17?,22+/m0/s1. The average Bonchev–Trinajstić information content (AvgIpc) is 3.15. The minimum Gasteiger partial charge on any atom is -0.464 e. The van der Waals surface area contributed by atoms with Crippen molar-refractivity contribution < 1.29 is 28.0 Å². The first-order valence-corrected chi connectivity index (χ1v) is 10.4. The van der Waals surface area contributed by atoms with Crippen LogP contribution in [0.1, 0.15) is 60.5 Å². The van der Waals surface area contributed by atoms with Crippen LogP contribution in [0.4, 0.5) is 4.39 Å². The molecule has 3 rings (SSSR count). The summed E-state index contributed by atoms with van der Waals surface area (Å²) < 4.78 is 37.9. The van der Waals surface area contributed by atoms with Gasteiger partial charge >= 0.3 is 13.1 Å². The molecule has 1 aliphatic heterocycles. The molecule has 1 heterocycles. The Hall–Kier alpha value is -1.44. The van der Waals surface area contributed by atoms with Crippen LogP contribution in [0.25, 0.3) is 0 Å². The van der Waals surface area contributed by atoms with Gasteiger partial charge in [-0.2, -0.15) is 0 Å². The Balaban J connectivity index is 1.78. The molecular formula is C22H32BFO5. The molecule has 0 N–H and O–H groups in total. The maximum absolute atomic E-state index is 14.5. The highest BCUT2D eigenvalue weighted by molar-refractivity contribution is 6.62. The molecule has 1 aliphatic carbocycles. The van der Waals surface area contributed by atoms with E-state index in [1.165, 1.54) is 6.07 Å². The second-order valence-corrected chi connectivity index (χ2v) is 9.04. The van der Waals surface area contributed by atoms with E-state index < -0.39 is 23.9 Å². The summed E-state index contributed by atoms with van der Waals surface area (Å²) in [5, 5.41) is 0. The van der Waals surface area contributed by atoms with E-state index in [2.05, 4.69) is 0 Å². The highest BCUT2D eigenvalue weighted by atomic mass is 19.1. The highest BCUT2D eigenvalue weighted by Gasteiger charge is 2.68. The third kappa shape index (κ3) is 3.73. The molecule has 2 aliphatic rings. The van der Waals surface area contributed by atoms with E-state index >= 15 is 0 Å². The fraction of sp³-hybridized carbons (Fsp3) is 0.682. The molecule has 0 radical (unpaired) electrons. The van der Waals surface area contributed by atoms with Crippen LogP contribution in [-0.2, 0) is 30.2 Å². The van der Waals surface area contributed by atoms with Gasteiger partial charge in [0.2, 0.25) is 0 Å². The molecule has 0 spiro atoms. The summed E-state index contributed by atoms with van der Waals surface area (Å²) in [7, 11) is -0.582. The van der Waals surface area contributed by atoms with E-state index in [1.807, 2.05) is 41.5 Å². The molecule has 1 aromatic rings. The summed E-state index contributed by atoms with van der Waals surface area (Å²) in [6.07, 6.45) is 0.802. The van der Waals surface area contributed by atoms with Crippen molar-refractivity contribution in [2.75, 3.05) is 6.61 Å². The van der Waals surface area contributed by atoms with Gasteiger partial charge in [-0.3, -0.25) is 0 Å². The minimum absolute atomic E-state index is 0.0150. The largest absolute Gasteiger partial charge is 0.494 e. The average molecular weight is 406 g/mol. The van der Waals surface area contributed by atoms with Crippen molar-refractivity contribution in [2.45, 2.75) is 78.3 Å². The molecule has 29 heavy (non-hydrogen) atoms. The zero-order valence-corrected chi connectivity index (χ0v) is 18.5. The Labute approximate surface area is 173 Å². The van der Waals surface area contributed by atoms with Gasteiger partial charge in [0.25, 0.3) is 0 Å². The van der Waals surface area contributed by atoms with Crippen molar-refractivity contribution in [3.63, 3.8) is 0 Å². The lowest BCUT2D eigenvalue weighted by atomic mass is 9.78.